The molecular weight excluding hydrogens is 372 g/mol. The van der Waals surface area contributed by atoms with E-state index in [-0.39, 0.29) is 10.5 Å². The van der Waals surface area contributed by atoms with Crippen molar-refractivity contribution in [2.75, 3.05) is 0 Å². The second-order valence-corrected chi connectivity index (χ2v) is 8.53. The summed E-state index contributed by atoms with van der Waals surface area (Å²) in [6.07, 6.45) is -1.14. The van der Waals surface area contributed by atoms with Crippen LogP contribution in [-0.4, -0.2) is 23.9 Å². The molecule has 0 heterocycles. The Hall–Kier alpha value is -2.73. The third-order valence-electron chi connectivity index (χ3n) is 4.68. The van der Waals surface area contributed by atoms with Crippen LogP contribution < -0.4 is 0 Å². The van der Waals surface area contributed by atoms with E-state index >= 15 is 0 Å². The molecule has 3 atom stereocenters. The Balaban J connectivity index is 2.05. The van der Waals surface area contributed by atoms with Crippen LogP contribution in [0.2, 0.25) is 0 Å². The summed E-state index contributed by atoms with van der Waals surface area (Å²) in [5.41, 5.74) is 1.33. The maximum absolute atomic E-state index is 13.4. The molecule has 0 aliphatic carbocycles. The van der Waals surface area contributed by atoms with Gasteiger partial charge in [-0.05, 0) is 17.2 Å². The minimum atomic E-state index is -4.01. The summed E-state index contributed by atoms with van der Waals surface area (Å²) in [7, 11) is -4.01. The minimum Gasteiger partial charge on any atom is -0.387 e. The second kappa shape index (κ2) is 8.52. The van der Waals surface area contributed by atoms with Gasteiger partial charge >= 0.3 is 0 Å². The van der Waals surface area contributed by atoms with Crippen molar-refractivity contribution in [3.05, 3.63) is 114 Å². The average Bonchev–Trinajstić information content (AvgIpc) is 2.74. The third-order valence-corrected chi connectivity index (χ3v) is 6.83. The molecule has 144 valence electrons. The van der Waals surface area contributed by atoms with E-state index in [2.05, 4.69) is 6.58 Å². The van der Waals surface area contributed by atoms with Crippen molar-refractivity contribution in [3.8, 4) is 0 Å². The first kappa shape index (κ1) is 20.0. The van der Waals surface area contributed by atoms with Crippen molar-refractivity contribution >= 4 is 9.84 Å². The molecule has 0 radical (unpaired) electrons. The fraction of sp³-hybridized carbons (Fsp3) is 0.130. The topological polar surface area (TPSA) is 74.6 Å². The largest absolute Gasteiger partial charge is 0.387 e. The zero-order valence-corrected chi connectivity index (χ0v) is 16.0. The molecule has 3 aromatic rings. The van der Waals surface area contributed by atoms with E-state index < -0.39 is 27.3 Å². The average molecular weight is 394 g/mol. The fourth-order valence-corrected chi connectivity index (χ4v) is 5.01. The quantitative estimate of drug-likeness (QED) is 0.597. The summed E-state index contributed by atoms with van der Waals surface area (Å²) >= 11 is 0. The smallest absolute Gasteiger partial charge is 0.188 e. The van der Waals surface area contributed by atoms with Gasteiger partial charge in [-0.3, -0.25) is 0 Å². The summed E-state index contributed by atoms with van der Waals surface area (Å²) < 4.78 is 26.8. The third kappa shape index (κ3) is 3.92. The molecule has 0 spiro atoms. The predicted molar refractivity (Wildman–Crippen MR) is 110 cm³/mol. The maximum atomic E-state index is 13.4. The van der Waals surface area contributed by atoms with Gasteiger partial charge in [0.25, 0.3) is 0 Å². The van der Waals surface area contributed by atoms with E-state index in [0.29, 0.717) is 11.1 Å². The molecule has 3 aromatic carbocycles. The van der Waals surface area contributed by atoms with Gasteiger partial charge in [0, 0.05) is 5.56 Å². The number of hydrogen-bond donors (Lipinski definition) is 2. The number of hydrogen-bond acceptors (Lipinski definition) is 4. The van der Waals surface area contributed by atoms with Crippen molar-refractivity contribution in [1.29, 1.82) is 0 Å². The van der Waals surface area contributed by atoms with E-state index in [1.165, 1.54) is 12.1 Å². The molecule has 0 saturated heterocycles. The van der Waals surface area contributed by atoms with Gasteiger partial charge in [-0.15, -0.1) is 6.58 Å². The molecule has 0 amide bonds. The van der Waals surface area contributed by atoms with Crippen LogP contribution in [0, 0.1) is 0 Å². The van der Waals surface area contributed by atoms with Crippen LogP contribution in [0.4, 0.5) is 0 Å². The van der Waals surface area contributed by atoms with Gasteiger partial charge in [0.05, 0.1) is 11.0 Å². The Morgan fingerprint density at radius 3 is 1.82 bits per heavy atom. The molecular formula is C23H22O4S. The van der Waals surface area contributed by atoms with Gasteiger partial charge in [0.2, 0.25) is 0 Å². The van der Waals surface area contributed by atoms with Crippen molar-refractivity contribution in [2.45, 2.75) is 22.4 Å². The Morgan fingerprint density at radius 1 is 0.750 bits per heavy atom. The lowest BCUT2D eigenvalue weighted by atomic mass is 10.0. The first-order chi connectivity index (χ1) is 13.5. The molecule has 5 heteroatoms. The number of rotatable bonds is 7. The minimum absolute atomic E-state index is 0.0220. The van der Waals surface area contributed by atoms with E-state index in [0.717, 1.165) is 0 Å². The van der Waals surface area contributed by atoms with Crippen LogP contribution in [0.15, 0.2) is 102 Å². The first-order valence-corrected chi connectivity index (χ1v) is 10.4. The molecule has 0 aliphatic heterocycles. The Kier molecular flexibility index (Phi) is 6.09. The second-order valence-electron chi connectivity index (χ2n) is 6.45. The zero-order valence-electron chi connectivity index (χ0n) is 15.2. The number of benzene rings is 3. The van der Waals surface area contributed by atoms with Crippen LogP contribution in [-0.2, 0) is 9.84 Å². The zero-order chi connectivity index (χ0) is 20.1. The molecule has 0 saturated carbocycles. The van der Waals surface area contributed by atoms with E-state index in [1.54, 1.807) is 72.8 Å². The highest BCUT2D eigenvalue weighted by Gasteiger charge is 2.34. The van der Waals surface area contributed by atoms with Crippen molar-refractivity contribution in [3.63, 3.8) is 0 Å². The standard InChI is InChI=1S/C23H22O4S/c1-2-20(23(25)18-13-7-4-8-14-18)28(26,27)21-16-10-9-15-19(21)22(24)17-11-5-3-6-12-17/h2-16,20,22-25H,1H2. The normalized spacial score (nSPS) is 14.8. The summed E-state index contributed by atoms with van der Waals surface area (Å²) in [4.78, 5) is -0.0220. The Bertz CT molecular complexity index is 1030. The summed E-state index contributed by atoms with van der Waals surface area (Å²) in [6.45, 7) is 3.63. The fourth-order valence-electron chi connectivity index (χ4n) is 3.19. The summed E-state index contributed by atoms with van der Waals surface area (Å²) in [5, 5.41) is 20.3. The van der Waals surface area contributed by atoms with Gasteiger partial charge in [0.15, 0.2) is 9.84 Å². The van der Waals surface area contributed by atoms with Crippen LogP contribution >= 0.6 is 0 Å². The molecule has 3 unspecified atom stereocenters. The highest BCUT2D eigenvalue weighted by molar-refractivity contribution is 7.92. The lowest BCUT2D eigenvalue weighted by Crippen LogP contribution is -2.28. The van der Waals surface area contributed by atoms with Crippen molar-refractivity contribution in [1.82, 2.24) is 0 Å². The van der Waals surface area contributed by atoms with Gasteiger partial charge < -0.3 is 10.2 Å². The molecule has 2 N–H and O–H groups in total. The van der Waals surface area contributed by atoms with Gasteiger partial charge in [-0.1, -0.05) is 84.9 Å². The number of aliphatic hydroxyl groups is 2. The summed E-state index contributed by atoms with van der Waals surface area (Å²) in [6, 6.07) is 23.8. The van der Waals surface area contributed by atoms with Gasteiger partial charge in [0.1, 0.15) is 11.4 Å². The monoisotopic (exact) mass is 394 g/mol. The molecule has 0 aromatic heterocycles. The summed E-state index contributed by atoms with van der Waals surface area (Å²) in [5.74, 6) is 0. The molecule has 3 rings (SSSR count). The van der Waals surface area contributed by atoms with Gasteiger partial charge in [-0.25, -0.2) is 8.42 Å². The lowest BCUT2D eigenvalue weighted by Gasteiger charge is -2.23. The highest BCUT2D eigenvalue weighted by Crippen LogP contribution is 2.33. The molecule has 0 bridgehead atoms. The molecule has 4 nitrogen and oxygen atoms in total. The van der Waals surface area contributed by atoms with Crippen LogP contribution in [0.3, 0.4) is 0 Å². The van der Waals surface area contributed by atoms with E-state index in [1.807, 2.05) is 6.07 Å². The van der Waals surface area contributed by atoms with Crippen LogP contribution in [0.5, 0.6) is 0 Å². The van der Waals surface area contributed by atoms with Crippen LogP contribution in [0.25, 0.3) is 0 Å². The molecule has 28 heavy (non-hydrogen) atoms. The van der Waals surface area contributed by atoms with Gasteiger partial charge in [-0.2, -0.15) is 0 Å². The van der Waals surface area contributed by atoms with E-state index in [9.17, 15) is 18.6 Å². The first-order valence-electron chi connectivity index (χ1n) is 8.88. The Labute approximate surface area is 165 Å². The maximum Gasteiger partial charge on any atom is 0.188 e. The predicted octanol–water partition coefficient (Wildman–Crippen LogP) is 3.83. The Morgan fingerprint density at radius 2 is 1.25 bits per heavy atom. The van der Waals surface area contributed by atoms with E-state index in [4.69, 9.17) is 0 Å². The number of sulfone groups is 1. The SMILES string of the molecule is C=CC(C(O)c1ccccc1)S(=O)(=O)c1ccccc1C(O)c1ccccc1. The van der Waals surface area contributed by atoms with Crippen molar-refractivity contribution in [2.24, 2.45) is 0 Å². The highest BCUT2D eigenvalue weighted by atomic mass is 32.2. The van der Waals surface area contributed by atoms with Crippen molar-refractivity contribution < 1.29 is 18.6 Å². The van der Waals surface area contributed by atoms with Crippen LogP contribution in [0.1, 0.15) is 28.9 Å². The lowest BCUT2D eigenvalue weighted by molar-refractivity contribution is 0.183. The molecule has 0 fully saturated rings. The molecule has 0 aliphatic rings. The number of aliphatic hydroxyl groups excluding tert-OH is 2.